The van der Waals surface area contributed by atoms with Crippen LogP contribution in [0.4, 0.5) is 0 Å². The molecule has 0 bridgehead atoms. The van der Waals surface area contributed by atoms with Crippen LogP contribution in [0.5, 0.6) is 11.5 Å². The average molecular weight is 633 g/mol. The van der Waals surface area contributed by atoms with Gasteiger partial charge in [0.25, 0.3) is 0 Å². The van der Waals surface area contributed by atoms with Crippen LogP contribution in [0.3, 0.4) is 0 Å². The fourth-order valence-corrected chi connectivity index (χ4v) is 5.31. The van der Waals surface area contributed by atoms with Gasteiger partial charge in [0.05, 0.1) is 0 Å². The fourth-order valence-electron chi connectivity index (χ4n) is 5.31. The van der Waals surface area contributed by atoms with E-state index in [1.165, 1.54) is 0 Å². The molecule has 2 fully saturated rings. The van der Waals surface area contributed by atoms with E-state index >= 15 is 0 Å². The first-order valence-electron chi connectivity index (χ1n) is 14.6. The van der Waals surface area contributed by atoms with Gasteiger partial charge in [-0.3, -0.25) is 0 Å². The van der Waals surface area contributed by atoms with Crippen LogP contribution in [0.25, 0.3) is 21.5 Å². The maximum Gasteiger partial charge on any atom is 0.414 e. The molecular formula is C34H36N2O10. The second-order valence-electron chi connectivity index (χ2n) is 11.2. The SMILES string of the molecule is CN1CCC(Oc2cc3ccccc3cc2C(=O)O)C1.CN1CCC(Oc2cc3ccccc3cc2C(=O)O)C1.O=C(O)C(=O)O. The number of aliphatic carboxylic acids is 2. The monoisotopic (exact) mass is 632 g/mol. The number of nitrogens with zero attached hydrogens (tertiary/aromatic N) is 2. The van der Waals surface area contributed by atoms with Crippen molar-refractivity contribution in [3.63, 3.8) is 0 Å². The van der Waals surface area contributed by atoms with Crippen molar-refractivity contribution in [2.45, 2.75) is 25.0 Å². The van der Waals surface area contributed by atoms with E-state index in [0.717, 1.165) is 60.6 Å². The Kier molecular flexibility index (Phi) is 11.1. The molecule has 4 aromatic carbocycles. The van der Waals surface area contributed by atoms with Crippen molar-refractivity contribution in [3.05, 3.63) is 83.9 Å². The average Bonchev–Trinajstić information content (AvgIpc) is 3.63. The summed E-state index contributed by atoms with van der Waals surface area (Å²) < 4.78 is 11.8. The highest BCUT2D eigenvalue weighted by Crippen LogP contribution is 2.30. The number of rotatable bonds is 6. The number of aromatic carboxylic acids is 2. The lowest BCUT2D eigenvalue weighted by molar-refractivity contribution is -0.159. The summed E-state index contributed by atoms with van der Waals surface area (Å²) in [6, 6.07) is 22.5. The molecule has 0 spiro atoms. The minimum atomic E-state index is -1.82. The van der Waals surface area contributed by atoms with Crippen molar-refractivity contribution in [1.29, 1.82) is 0 Å². The lowest BCUT2D eigenvalue weighted by atomic mass is 10.1. The Morgan fingerprint density at radius 3 is 1.17 bits per heavy atom. The van der Waals surface area contributed by atoms with Crippen LogP contribution in [-0.2, 0) is 9.59 Å². The summed E-state index contributed by atoms with van der Waals surface area (Å²) in [6.07, 6.45) is 2.00. The number of ether oxygens (including phenoxy) is 2. The van der Waals surface area contributed by atoms with Gasteiger partial charge >= 0.3 is 23.9 Å². The molecule has 2 heterocycles. The van der Waals surface area contributed by atoms with Gasteiger partial charge in [-0.05, 0) is 72.7 Å². The molecule has 46 heavy (non-hydrogen) atoms. The number of likely N-dealkylation sites (tertiary alicyclic amines) is 2. The largest absolute Gasteiger partial charge is 0.488 e. The highest BCUT2D eigenvalue weighted by Gasteiger charge is 2.24. The molecule has 2 saturated heterocycles. The van der Waals surface area contributed by atoms with Crippen LogP contribution in [-0.4, -0.2) is 107 Å². The van der Waals surface area contributed by atoms with Crippen molar-refractivity contribution in [2.24, 2.45) is 0 Å². The first-order chi connectivity index (χ1) is 21.9. The number of carbonyl (C=O) groups is 4. The van der Waals surface area contributed by atoms with E-state index in [0.29, 0.717) is 11.5 Å². The Hall–Kier alpha value is -5.20. The first-order valence-corrected chi connectivity index (χ1v) is 14.6. The Morgan fingerprint density at radius 2 is 0.913 bits per heavy atom. The van der Waals surface area contributed by atoms with E-state index < -0.39 is 23.9 Å². The summed E-state index contributed by atoms with van der Waals surface area (Å²) in [5.74, 6) is -4.60. The predicted molar refractivity (Wildman–Crippen MR) is 170 cm³/mol. The van der Waals surface area contributed by atoms with Crippen LogP contribution < -0.4 is 9.47 Å². The number of hydrogen-bond donors (Lipinski definition) is 4. The zero-order valence-corrected chi connectivity index (χ0v) is 25.5. The topological polar surface area (TPSA) is 174 Å². The second kappa shape index (κ2) is 15.2. The predicted octanol–water partition coefficient (Wildman–Crippen LogP) is 4.40. The molecule has 2 atom stereocenters. The number of likely N-dealkylation sites (N-methyl/N-ethyl adjacent to an activating group) is 2. The zero-order valence-electron chi connectivity index (χ0n) is 25.5. The minimum Gasteiger partial charge on any atom is -0.488 e. The number of benzene rings is 4. The molecule has 0 saturated carbocycles. The number of hydrogen-bond acceptors (Lipinski definition) is 8. The molecule has 0 radical (unpaired) electrons. The van der Waals surface area contributed by atoms with Crippen molar-refractivity contribution in [1.82, 2.24) is 9.80 Å². The third-order valence-electron chi connectivity index (χ3n) is 7.62. The Morgan fingerprint density at radius 1 is 0.587 bits per heavy atom. The molecule has 0 amide bonds. The van der Waals surface area contributed by atoms with Gasteiger partial charge in [0.1, 0.15) is 34.8 Å². The van der Waals surface area contributed by atoms with Crippen molar-refractivity contribution in [2.75, 3.05) is 40.3 Å². The Labute approximate surface area is 265 Å². The summed E-state index contributed by atoms with van der Waals surface area (Å²) in [7, 11) is 4.09. The Balaban J connectivity index is 0.000000178. The van der Waals surface area contributed by atoms with Gasteiger partial charge in [0.2, 0.25) is 0 Å². The highest BCUT2D eigenvalue weighted by atomic mass is 16.5. The van der Waals surface area contributed by atoms with Gasteiger partial charge in [-0.2, -0.15) is 0 Å². The molecular weight excluding hydrogens is 596 g/mol. The van der Waals surface area contributed by atoms with Crippen LogP contribution in [0.1, 0.15) is 33.6 Å². The van der Waals surface area contributed by atoms with E-state index in [-0.39, 0.29) is 23.3 Å². The molecule has 4 aromatic rings. The fraction of sp³-hybridized carbons (Fsp3) is 0.294. The van der Waals surface area contributed by atoms with E-state index in [9.17, 15) is 19.8 Å². The van der Waals surface area contributed by atoms with Gasteiger partial charge in [-0.25, -0.2) is 19.2 Å². The van der Waals surface area contributed by atoms with Crippen molar-refractivity contribution < 1.29 is 49.1 Å². The standard InChI is InChI=1S/2C16H17NO3.C2H2O4/c2*1-17-7-6-13(10-17)20-15-9-12-5-3-2-4-11(12)8-14(15)16(18)19;3-1(4)2(5)6/h2*2-5,8-9,13H,6-7,10H2,1H3,(H,18,19);(H,3,4)(H,5,6). The number of carboxylic acids is 4. The molecule has 12 heteroatoms. The van der Waals surface area contributed by atoms with E-state index in [2.05, 4.69) is 9.80 Å². The van der Waals surface area contributed by atoms with Gasteiger partial charge < -0.3 is 39.7 Å². The van der Waals surface area contributed by atoms with Gasteiger partial charge in [-0.1, -0.05) is 48.5 Å². The minimum absolute atomic E-state index is 0.0688. The third-order valence-corrected chi connectivity index (χ3v) is 7.62. The molecule has 242 valence electrons. The molecule has 4 N–H and O–H groups in total. The van der Waals surface area contributed by atoms with Gasteiger partial charge in [0.15, 0.2) is 0 Å². The molecule has 6 rings (SSSR count). The molecule has 2 aliphatic rings. The summed E-state index contributed by atoms with van der Waals surface area (Å²) in [4.78, 5) is 45.4. The molecule has 0 aliphatic carbocycles. The van der Waals surface area contributed by atoms with Crippen LogP contribution >= 0.6 is 0 Å². The second-order valence-corrected chi connectivity index (χ2v) is 11.2. The Bertz CT molecular complexity index is 1610. The summed E-state index contributed by atoms with van der Waals surface area (Å²) in [6.45, 7) is 3.65. The summed E-state index contributed by atoms with van der Waals surface area (Å²) in [5.41, 5.74) is 0.469. The van der Waals surface area contributed by atoms with E-state index in [1.54, 1.807) is 12.1 Å². The number of fused-ring (bicyclic) bond motifs is 2. The van der Waals surface area contributed by atoms with E-state index in [4.69, 9.17) is 29.3 Å². The third kappa shape index (κ3) is 8.93. The first kappa shape index (κ1) is 33.7. The van der Waals surface area contributed by atoms with Crippen molar-refractivity contribution >= 4 is 45.4 Å². The van der Waals surface area contributed by atoms with E-state index in [1.807, 2.05) is 74.8 Å². The summed E-state index contributed by atoms with van der Waals surface area (Å²) in [5, 5.41) is 37.3. The zero-order chi connectivity index (χ0) is 33.4. The molecule has 12 nitrogen and oxygen atoms in total. The van der Waals surface area contributed by atoms with Gasteiger partial charge in [0, 0.05) is 26.2 Å². The lowest BCUT2D eigenvalue weighted by Crippen LogP contribution is -2.22. The molecule has 2 unspecified atom stereocenters. The summed E-state index contributed by atoms with van der Waals surface area (Å²) >= 11 is 0. The lowest BCUT2D eigenvalue weighted by Gasteiger charge is -2.16. The molecule has 2 aliphatic heterocycles. The molecule has 0 aromatic heterocycles. The van der Waals surface area contributed by atoms with Crippen LogP contribution in [0, 0.1) is 0 Å². The smallest absolute Gasteiger partial charge is 0.414 e. The normalized spacial score (nSPS) is 17.8. The van der Waals surface area contributed by atoms with Crippen LogP contribution in [0.15, 0.2) is 72.8 Å². The maximum atomic E-state index is 11.4. The van der Waals surface area contributed by atoms with Crippen molar-refractivity contribution in [3.8, 4) is 11.5 Å². The quantitative estimate of drug-likeness (QED) is 0.221. The van der Waals surface area contributed by atoms with Crippen LogP contribution in [0.2, 0.25) is 0 Å². The maximum absolute atomic E-state index is 11.4. The highest BCUT2D eigenvalue weighted by molar-refractivity contribution is 6.27. The number of carboxylic acid groups (broad SMARTS) is 4. The van der Waals surface area contributed by atoms with Gasteiger partial charge in [-0.15, -0.1) is 0 Å².